The molecule has 26 heavy (non-hydrogen) atoms. The quantitative estimate of drug-likeness (QED) is 0.425. The SMILES string of the molecule is O=Cc1cccc(-c2cc(C(F)(F)F)nc3c(C(F)(F)F)cccc23)c1. The average molecular weight is 369 g/mol. The van der Waals surface area contributed by atoms with Gasteiger partial charge in [-0.15, -0.1) is 0 Å². The molecule has 0 atom stereocenters. The minimum Gasteiger partial charge on any atom is -0.298 e. The highest BCUT2D eigenvalue weighted by Gasteiger charge is 2.37. The summed E-state index contributed by atoms with van der Waals surface area (Å²) in [6, 6.07) is 9.34. The van der Waals surface area contributed by atoms with Crippen LogP contribution in [0.25, 0.3) is 22.0 Å². The second kappa shape index (κ2) is 6.12. The molecule has 2 aromatic carbocycles. The zero-order valence-electron chi connectivity index (χ0n) is 12.8. The summed E-state index contributed by atoms with van der Waals surface area (Å²) in [7, 11) is 0. The molecule has 8 heteroatoms. The number of fused-ring (bicyclic) bond motifs is 1. The van der Waals surface area contributed by atoms with Gasteiger partial charge in [0.05, 0.1) is 11.1 Å². The van der Waals surface area contributed by atoms with Gasteiger partial charge in [0.1, 0.15) is 12.0 Å². The van der Waals surface area contributed by atoms with Crippen LogP contribution in [0.15, 0.2) is 48.5 Å². The Balaban J connectivity index is 2.43. The van der Waals surface area contributed by atoms with Crippen molar-refractivity contribution in [2.45, 2.75) is 12.4 Å². The fourth-order valence-corrected chi connectivity index (χ4v) is 2.64. The lowest BCUT2D eigenvalue weighted by atomic mass is 9.96. The van der Waals surface area contributed by atoms with Crippen molar-refractivity contribution in [3.8, 4) is 11.1 Å². The maximum atomic E-state index is 13.2. The van der Waals surface area contributed by atoms with E-state index in [1.54, 1.807) is 0 Å². The molecule has 0 spiro atoms. The van der Waals surface area contributed by atoms with Crippen molar-refractivity contribution in [2.24, 2.45) is 0 Å². The number of alkyl halides is 6. The van der Waals surface area contributed by atoms with Crippen molar-refractivity contribution in [1.82, 2.24) is 4.98 Å². The third-order valence-corrected chi connectivity index (χ3v) is 3.77. The number of halogens is 6. The van der Waals surface area contributed by atoms with Crippen molar-refractivity contribution in [2.75, 3.05) is 0 Å². The highest BCUT2D eigenvalue weighted by molar-refractivity contribution is 5.97. The van der Waals surface area contributed by atoms with E-state index in [0.29, 0.717) is 18.4 Å². The van der Waals surface area contributed by atoms with Gasteiger partial charge < -0.3 is 0 Å². The molecule has 0 bridgehead atoms. The number of carbonyl (C=O) groups is 1. The average Bonchev–Trinajstić information content (AvgIpc) is 2.58. The minimum atomic E-state index is -4.93. The van der Waals surface area contributed by atoms with Crippen molar-refractivity contribution in [3.05, 3.63) is 65.4 Å². The first-order valence-electron chi connectivity index (χ1n) is 7.25. The lowest BCUT2D eigenvalue weighted by molar-refractivity contribution is -0.142. The van der Waals surface area contributed by atoms with Crippen LogP contribution in [-0.4, -0.2) is 11.3 Å². The highest BCUT2D eigenvalue weighted by atomic mass is 19.4. The Bertz CT molecular complexity index is 991. The zero-order valence-corrected chi connectivity index (χ0v) is 12.8. The number of hydrogen-bond donors (Lipinski definition) is 0. The summed E-state index contributed by atoms with van der Waals surface area (Å²) >= 11 is 0. The highest BCUT2D eigenvalue weighted by Crippen LogP contribution is 2.40. The van der Waals surface area contributed by atoms with Gasteiger partial charge in [-0.2, -0.15) is 26.3 Å². The molecule has 0 radical (unpaired) electrons. The van der Waals surface area contributed by atoms with Gasteiger partial charge in [-0.25, -0.2) is 4.98 Å². The van der Waals surface area contributed by atoms with Crippen LogP contribution in [0.2, 0.25) is 0 Å². The second-order valence-electron chi connectivity index (χ2n) is 5.50. The van der Waals surface area contributed by atoms with Gasteiger partial charge in [0.25, 0.3) is 0 Å². The summed E-state index contributed by atoms with van der Waals surface area (Å²) < 4.78 is 79.3. The lowest BCUT2D eigenvalue weighted by Crippen LogP contribution is -2.12. The van der Waals surface area contributed by atoms with Crippen LogP contribution in [0, 0.1) is 0 Å². The predicted octanol–water partition coefficient (Wildman–Crippen LogP) is 5.75. The third-order valence-electron chi connectivity index (χ3n) is 3.77. The van der Waals surface area contributed by atoms with E-state index in [1.165, 1.54) is 30.3 Å². The van der Waals surface area contributed by atoms with Crippen LogP contribution in [0.4, 0.5) is 26.3 Å². The monoisotopic (exact) mass is 369 g/mol. The van der Waals surface area contributed by atoms with E-state index < -0.39 is 29.1 Å². The summed E-state index contributed by atoms with van der Waals surface area (Å²) in [4.78, 5) is 14.2. The van der Waals surface area contributed by atoms with Gasteiger partial charge in [-0.05, 0) is 29.3 Å². The zero-order chi connectivity index (χ0) is 19.1. The van der Waals surface area contributed by atoms with Gasteiger partial charge in [-0.3, -0.25) is 4.79 Å². The van der Waals surface area contributed by atoms with Crippen LogP contribution in [0.3, 0.4) is 0 Å². The Labute approximate surface area is 143 Å². The van der Waals surface area contributed by atoms with E-state index in [-0.39, 0.29) is 22.1 Å². The summed E-state index contributed by atoms with van der Waals surface area (Å²) in [5.41, 5.74) is -3.19. The number of rotatable bonds is 2. The molecule has 0 saturated heterocycles. The molecular weight excluding hydrogens is 360 g/mol. The molecule has 0 unspecified atom stereocenters. The molecule has 1 heterocycles. The second-order valence-corrected chi connectivity index (χ2v) is 5.50. The van der Waals surface area contributed by atoms with E-state index >= 15 is 0 Å². The first kappa shape index (κ1) is 17.9. The van der Waals surface area contributed by atoms with E-state index in [9.17, 15) is 31.1 Å². The summed E-state index contributed by atoms with van der Waals surface area (Å²) in [5, 5.41) is -0.0872. The number of pyridine rings is 1. The number of aldehydes is 1. The van der Waals surface area contributed by atoms with E-state index in [0.717, 1.165) is 6.07 Å². The maximum Gasteiger partial charge on any atom is 0.433 e. The smallest absolute Gasteiger partial charge is 0.298 e. The van der Waals surface area contributed by atoms with Crippen LogP contribution in [-0.2, 0) is 12.4 Å². The first-order valence-corrected chi connectivity index (χ1v) is 7.25. The Morgan fingerprint density at radius 1 is 0.846 bits per heavy atom. The van der Waals surface area contributed by atoms with Crippen molar-refractivity contribution >= 4 is 17.2 Å². The van der Waals surface area contributed by atoms with Gasteiger partial charge in [0, 0.05) is 10.9 Å². The molecular formula is C18H9F6NO. The van der Waals surface area contributed by atoms with Crippen molar-refractivity contribution in [1.29, 1.82) is 0 Å². The molecule has 2 nitrogen and oxygen atoms in total. The fourth-order valence-electron chi connectivity index (χ4n) is 2.64. The molecule has 0 N–H and O–H groups in total. The first-order chi connectivity index (χ1) is 12.1. The van der Waals surface area contributed by atoms with Gasteiger partial charge >= 0.3 is 12.4 Å². The van der Waals surface area contributed by atoms with Gasteiger partial charge in [0.2, 0.25) is 0 Å². The van der Waals surface area contributed by atoms with Gasteiger partial charge in [-0.1, -0.05) is 30.3 Å². The van der Waals surface area contributed by atoms with E-state index in [1.807, 2.05) is 0 Å². The molecule has 0 aliphatic carbocycles. The molecule has 0 amide bonds. The van der Waals surface area contributed by atoms with Crippen LogP contribution in [0.5, 0.6) is 0 Å². The summed E-state index contributed by atoms with van der Waals surface area (Å²) in [6.07, 6.45) is -9.29. The number of hydrogen-bond acceptors (Lipinski definition) is 2. The fraction of sp³-hybridized carbons (Fsp3) is 0.111. The summed E-state index contributed by atoms with van der Waals surface area (Å²) in [6.45, 7) is 0. The predicted molar refractivity (Wildman–Crippen MR) is 82.6 cm³/mol. The standard InChI is InChI=1S/C18H9F6NO/c19-17(20,21)14-6-2-5-12-13(11-4-1-3-10(7-11)9-26)8-15(18(22,23)24)25-16(12)14/h1-9H. The van der Waals surface area contributed by atoms with Crippen LogP contribution < -0.4 is 0 Å². The Hall–Kier alpha value is -2.90. The third kappa shape index (κ3) is 3.26. The Kier molecular flexibility index (Phi) is 4.21. The molecule has 134 valence electrons. The largest absolute Gasteiger partial charge is 0.433 e. The number of carbonyl (C=O) groups excluding carboxylic acids is 1. The molecule has 3 aromatic rings. The number of nitrogens with zero attached hydrogens (tertiary/aromatic N) is 1. The molecule has 0 aliphatic heterocycles. The molecule has 0 fully saturated rings. The Morgan fingerprint density at radius 3 is 2.15 bits per heavy atom. The number of benzene rings is 2. The topological polar surface area (TPSA) is 30.0 Å². The normalized spacial score (nSPS) is 12.4. The molecule has 3 rings (SSSR count). The van der Waals surface area contributed by atoms with Crippen LogP contribution >= 0.6 is 0 Å². The van der Waals surface area contributed by atoms with E-state index in [2.05, 4.69) is 4.98 Å². The number of aromatic nitrogens is 1. The Morgan fingerprint density at radius 2 is 1.54 bits per heavy atom. The maximum absolute atomic E-state index is 13.2. The van der Waals surface area contributed by atoms with Crippen molar-refractivity contribution in [3.63, 3.8) is 0 Å². The van der Waals surface area contributed by atoms with Crippen LogP contribution in [0.1, 0.15) is 21.6 Å². The molecule has 0 saturated carbocycles. The minimum absolute atomic E-state index is 0.0860. The molecule has 1 aromatic heterocycles. The summed E-state index contributed by atoms with van der Waals surface area (Å²) in [5.74, 6) is 0. The van der Waals surface area contributed by atoms with Gasteiger partial charge in [0.15, 0.2) is 0 Å². The lowest BCUT2D eigenvalue weighted by Gasteiger charge is -2.15. The number of para-hydroxylation sites is 1. The molecule has 0 aliphatic rings. The van der Waals surface area contributed by atoms with Crippen molar-refractivity contribution < 1.29 is 31.1 Å². The van der Waals surface area contributed by atoms with E-state index in [4.69, 9.17) is 0 Å².